The van der Waals surface area contributed by atoms with Gasteiger partial charge >= 0.3 is 5.97 Å². The molecule has 1 aromatic rings. The average molecular weight is 231 g/mol. The molecule has 1 spiro atoms. The SMILES string of the molecule is CN1C(=O)C[C@]2(CCOC2=O)c2ccccc21. The van der Waals surface area contributed by atoms with Crippen molar-refractivity contribution >= 4 is 17.6 Å². The first-order valence-corrected chi connectivity index (χ1v) is 5.68. The van der Waals surface area contributed by atoms with Crippen LogP contribution in [0.3, 0.4) is 0 Å². The van der Waals surface area contributed by atoms with Gasteiger partial charge in [-0.3, -0.25) is 9.59 Å². The highest BCUT2D eigenvalue weighted by Gasteiger charge is 2.52. The van der Waals surface area contributed by atoms with E-state index in [0.29, 0.717) is 13.0 Å². The van der Waals surface area contributed by atoms with Gasteiger partial charge in [0.15, 0.2) is 0 Å². The van der Waals surface area contributed by atoms with E-state index in [4.69, 9.17) is 4.74 Å². The minimum atomic E-state index is -0.736. The number of nitrogens with zero attached hydrogens (tertiary/aromatic N) is 1. The first-order valence-electron chi connectivity index (χ1n) is 5.68. The van der Waals surface area contributed by atoms with Gasteiger partial charge in [0, 0.05) is 25.6 Å². The van der Waals surface area contributed by atoms with Crippen LogP contribution in [0.5, 0.6) is 0 Å². The highest BCUT2D eigenvalue weighted by molar-refractivity contribution is 6.04. The maximum atomic E-state index is 12.0. The number of carbonyl (C=O) groups is 2. The Labute approximate surface area is 99.2 Å². The van der Waals surface area contributed by atoms with E-state index in [0.717, 1.165) is 11.3 Å². The van der Waals surface area contributed by atoms with Crippen LogP contribution in [-0.4, -0.2) is 25.5 Å². The summed E-state index contributed by atoms with van der Waals surface area (Å²) >= 11 is 0. The number of carbonyl (C=O) groups excluding carboxylic acids is 2. The quantitative estimate of drug-likeness (QED) is 0.631. The van der Waals surface area contributed by atoms with Crippen molar-refractivity contribution in [2.24, 2.45) is 0 Å². The smallest absolute Gasteiger partial charge is 0.317 e. The monoisotopic (exact) mass is 231 g/mol. The summed E-state index contributed by atoms with van der Waals surface area (Å²) in [6.45, 7) is 0.407. The largest absolute Gasteiger partial charge is 0.465 e. The van der Waals surface area contributed by atoms with Crippen molar-refractivity contribution < 1.29 is 14.3 Å². The van der Waals surface area contributed by atoms with E-state index in [1.807, 2.05) is 24.3 Å². The molecule has 2 aliphatic heterocycles. The predicted octanol–water partition coefficient (Wildman–Crippen LogP) is 1.24. The Hall–Kier alpha value is -1.84. The molecule has 88 valence electrons. The molecule has 2 aliphatic rings. The molecule has 4 heteroatoms. The summed E-state index contributed by atoms with van der Waals surface area (Å²) in [4.78, 5) is 25.6. The summed E-state index contributed by atoms with van der Waals surface area (Å²) in [5.74, 6) is -0.283. The van der Waals surface area contributed by atoms with Gasteiger partial charge in [0.1, 0.15) is 5.41 Å². The number of para-hydroxylation sites is 1. The van der Waals surface area contributed by atoms with E-state index in [2.05, 4.69) is 0 Å². The molecule has 2 heterocycles. The standard InChI is InChI=1S/C13H13NO3/c1-14-10-5-3-2-4-9(10)13(8-11(14)15)6-7-17-12(13)16/h2-5H,6-8H2,1H3/t13-/m1/s1. The van der Waals surface area contributed by atoms with Crippen molar-refractivity contribution in [3.05, 3.63) is 29.8 Å². The number of cyclic esters (lactones) is 1. The molecule has 0 N–H and O–H groups in total. The van der Waals surface area contributed by atoms with Gasteiger partial charge in [-0.15, -0.1) is 0 Å². The Kier molecular flexibility index (Phi) is 2.02. The zero-order valence-corrected chi connectivity index (χ0v) is 9.60. The van der Waals surface area contributed by atoms with Gasteiger partial charge in [0.2, 0.25) is 5.91 Å². The van der Waals surface area contributed by atoms with Gasteiger partial charge in [-0.1, -0.05) is 18.2 Å². The Bertz CT molecular complexity index is 511. The summed E-state index contributed by atoms with van der Waals surface area (Å²) < 4.78 is 5.08. The van der Waals surface area contributed by atoms with Crippen molar-refractivity contribution in [1.82, 2.24) is 0 Å². The Morgan fingerprint density at radius 2 is 2.06 bits per heavy atom. The molecule has 4 nitrogen and oxygen atoms in total. The second-order valence-electron chi connectivity index (χ2n) is 4.61. The molecule has 1 amide bonds. The lowest BCUT2D eigenvalue weighted by Crippen LogP contribution is -2.45. The van der Waals surface area contributed by atoms with Crippen LogP contribution >= 0.6 is 0 Å². The maximum Gasteiger partial charge on any atom is 0.317 e. The van der Waals surface area contributed by atoms with E-state index in [-0.39, 0.29) is 18.3 Å². The Morgan fingerprint density at radius 1 is 1.29 bits per heavy atom. The molecule has 0 unspecified atom stereocenters. The fourth-order valence-corrected chi connectivity index (χ4v) is 2.74. The summed E-state index contributed by atoms with van der Waals surface area (Å²) in [6.07, 6.45) is 0.821. The van der Waals surface area contributed by atoms with Crippen molar-refractivity contribution in [2.45, 2.75) is 18.3 Å². The zero-order chi connectivity index (χ0) is 12.0. The molecule has 1 saturated heterocycles. The van der Waals surface area contributed by atoms with Crippen LogP contribution in [0.25, 0.3) is 0 Å². The molecule has 1 fully saturated rings. The first kappa shape index (κ1) is 10.3. The average Bonchev–Trinajstić information content (AvgIpc) is 2.69. The second-order valence-corrected chi connectivity index (χ2v) is 4.61. The fourth-order valence-electron chi connectivity index (χ4n) is 2.74. The van der Waals surface area contributed by atoms with Gasteiger partial charge in [0.25, 0.3) is 0 Å². The molecule has 0 bridgehead atoms. The number of fused-ring (bicyclic) bond motifs is 2. The summed E-state index contributed by atoms with van der Waals surface area (Å²) in [6, 6.07) is 7.57. The van der Waals surface area contributed by atoms with Gasteiger partial charge in [-0.25, -0.2) is 0 Å². The molecule has 1 aromatic carbocycles. The van der Waals surface area contributed by atoms with Crippen LogP contribution in [0, 0.1) is 0 Å². The van der Waals surface area contributed by atoms with E-state index in [1.54, 1.807) is 11.9 Å². The molecule has 0 radical (unpaired) electrons. The lowest BCUT2D eigenvalue weighted by Gasteiger charge is -2.36. The second kappa shape index (κ2) is 3.32. The van der Waals surface area contributed by atoms with Crippen LogP contribution in [0.2, 0.25) is 0 Å². The van der Waals surface area contributed by atoms with E-state index in [1.165, 1.54) is 0 Å². The minimum Gasteiger partial charge on any atom is -0.465 e. The molecule has 0 aliphatic carbocycles. The summed E-state index contributed by atoms with van der Waals surface area (Å²) in [5, 5.41) is 0. The van der Waals surface area contributed by atoms with Crippen molar-refractivity contribution in [3.8, 4) is 0 Å². The number of benzene rings is 1. The lowest BCUT2D eigenvalue weighted by atomic mass is 9.73. The molecule has 0 aromatic heterocycles. The number of ether oxygens (including phenoxy) is 1. The van der Waals surface area contributed by atoms with Gasteiger partial charge in [-0.05, 0) is 11.6 Å². The van der Waals surface area contributed by atoms with Gasteiger partial charge in [0.05, 0.1) is 6.61 Å². The molecule has 0 saturated carbocycles. The highest BCUT2D eigenvalue weighted by Crippen LogP contribution is 2.45. The van der Waals surface area contributed by atoms with Crippen LogP contribution in [0.1, 0.15) is 18.4 Å². The number of anilines is 1. The molecule has 17 heavy (non-hydrogen) atoms. The summed E-state index contributed by atoms with van der Waals surface area (Å²) in [5.41, 5.74) is 1.01. The molecular weight excluding hydrogens is 218 g/mol. The third-order valence-electron chi connectivity index (χ3n) is 3.76. The molecule has 1 atom stereocenters. The van der Waals surface area contributed by atoms with Crippen LogP contribution in [-0.2, 0) is 19.7 Å². The molecular formula is C13H13NO3. The Morgan fingerprint density at radius 3 is 2.76 bits per heavy atom. The number of hydrogen-bond donors (Lipinski definition) is 0. The third-order valence-corrected chi connectivity index (χ3v) is 3.76. The summed E-state index contributed by atoms with van der Waals surface area (Å²) in [7, 11) is 1.74. The van der Waals surface area contributed by atoms with Gasteiger partial charge in [-0.2, -0.15) is 0 Å². The highest BCUT2D eigenvalue weighted by atomic mass is 16.5. The molecule has 3 rings (SSSR count). The van der Waals surface area contributed by atoms with E-state index >= 15 is 0 Å². The first-order chi connectivity index (χ1) is 8.15. The van der Waals surface area contributed by atoms with Crippen LogP contribution in [0.4, 0.5) is 5.69 Å². The Balaban J connectivity index is 2.23. The third kappa shape index (κ3) is 1.24. The van der Waals surface area contributed by atoms with Crippen LogP contribution < -0.4 is 4.90 Å². The van der Waals surface area contributed by atoms with E-state index in [9.17, 15) is 9.59 Å². The van der Waals surface area contributed by atoms with E-state index < -0.39 is 5.41 Å². The van der Waals surface area contributed by atoms with Crippen molar-refractivity contribution in [2.75, 3.05) is 18.6 Å². The fraction of sp³-hybridized carbons (Fsp3) is 0.385. The number of rotatable bonds is 0. The number of hydrogen-bond acceptors (Lipinski definition) is 3. The minimum absolute atomic E-state index is 0.0254. The number of esters is 1. The maximum absolute atomic E-state index is 12.0. The zero-order valence-electron chi connectivity index (χ0n) is 9.60. The predicted molar refractivity (Wildman–Crippen MR) is 61.7 cm³/mol. The van der Waals surface area contributed by atoms with Crippen molar-refractivity contribution in [3.63, 3.8) is 0 Å². The van der Waals surface area contributed by atoms with Gasteiger partial charge < -0.3 is 9.64 Å². The topological polar surface area (TPSA) is 46.6 Å². The lowest BCUT2D eigenvalue weighted by molar-refractivity contribution is -0.144. The normalized spacial score (nSPS) is 27.2. The van der Waals surface area contributed by atoms with Crippen LogP contribution in [0.15, 0.2) is 24.3 Å². The number of amides is 1. The van der Waals surface area contributed by atoms with Crippen molar-refractivity contribution in [1.29, 1.82) is 0 Å².